The smallest absolute Gasteiger partial charge is 0.408 e. The lowest BCUT2D eigenvalue weighted by atomic mass is 10.1. The van der Waals surface area contributed by atoms with Gasteiger partial charge in [0.1, 0.15) is 11.6 Å². The van der Waals surface area contributed by atoms with Crippen molar-refractivity contribution in [1.29, 1.82) is 5.26 Å². The Labute approximate surface area is 107 Å². The predicted molar refractivity (Wildman–Crippen MR) is 64.9 cm³/mol. The maximum Gasteiger partial charge on any atom is 0.408 e. The Kier molecular flexibility index (Phi) is 6.79. The number of rotatable bonds is 6. The zero-order chi connectivity index (χ0) is 14.2. The van der Waals surface area contributed by atoms with Gasteiger partial charge in [-0.3, -0.25) is 0 Å². The van der Waals surface area contributed by atoms with Crippen molar-refractivity contribution < 1.29 is 19.4 Å². The fourth-order valence-corrected chi connectivity index (χ4v) is 1.26. The number of carboxylic acids is 1. The average Bonchev–Trinajstić information content (AvgIpc) is 2.19. The third-order valence-corrected chi connectivity index (χ3v) is 2.02. The molecule has 0 aromatic rings. The molecule has 0 rings (SSSR count). The van der Waals surface area contributed by atoms with Crippen molar-refractivity contribution in [3.05, 3.63) is 0 Å². The largest absolute Gasteiger partial charge is 0.480 e. The van der Waals surface area contributed by atoms with Crippen LogP contribution in [0.15, 0.2) is 0 Å². The Bertz CT molecular complexity index is 328. The first-order valence-corrected chi connectivity index (χ1v) is 5.85. The third-order valence-electron chi connectivity index (χ3n) is 2.02. The molecule has 0 fully saturated rings. The highest BCUT2D eigenvalue weighted by Gasteiger charge is 2.23. The van der Waals surface area contributed by atoms with E-state index in [4.69, 9.17) is 15.1 Å². The normalized spacial score (nSPS) is 12.3. The summed E-state index contributed by atoms with van der Waals surface area (Å²) in [5, 5.41) is 19.6. The number of carbonyl (C=O) groups excluding carboxylic acids is 1. The van der Waals surface area contributed by atoms with Gasteiger partial charge in [0.25, 0.3) is 0 Å². The molecule has 0 aliphatic rings. The summed E-state index contributed by atoms with van der Waals surface area (Å²) >= 11 is 0. The second-order valence-electron chi connectivity index (χ2n) is 4.94. The first kappa shape index (κ1) is 16.2. The number of hydrogen-bond acceptors (Lipinski definition) is 4. The molecule has 0 spiro atoms. The predicted octanol–water partition coefficient (Wildman–Crippen LogP) is 2.05. The van der Waals surface area contributed by atoms with Crippen LogP contribution >= 0.6 is 0 Å². The zero-order valence-electron chi connectivity index (χ0n) is 11.0. The van der Waals surface area contributed by atoms with Gasteiger partial charge in [-0.15, -0.1) is 0 Å². The van der Waals surface area contributed by atoms with Gasteiger partial charge < -0.3 is 15.2 Å². The summed E-state index contributed by atoms with van der Waals surface area (Å²) in [6.07, 6.45) is 1.13. The Hall–Kier alpha value is -1.77. The fourth-order valence-electron chi connectivity index (χ4n) is 1.26. The SMILES string of the molecule is CC(C)(C)OC(=O)NC(CCCCC#N)C(=O)O. The molecule has 0 aromatic carbocycles. The summed E-state index contributed by atoms with van der Waals surface area (Å²) in [4.78, 5) is 22.3. The highest BCUT2D eigenvalue weighted by molar-refractivity contribution is 5.79. The van der Waals surface area contributed by atoms with Crippen LogP contribution in [0.4, 0.5) is 4.79 Å². The second kappa shape index (κ2) is 7.54. The van der Waals surface area contributed by atoms with E-state index in [-0.39, 0.29) is 6.42 Å². The van der Waals surface area contributed by atoms with E-state index in [0.717, 1.165) is 0 Å². The topological polar surface area (TPSA) is 99.4 Å². The highest BCUT2D eigenvalue weighted by atomic mass is 16.6. The van der Waals surface area contributed by atoms with Crippen molar-refractivity contribution in [2.45, 2.75) is 58.1 Å². The molecule has 2 N–H and O–H groups in total. The summed E-state index contributed by atoms with van der Waals surface area (Å²) in [5.41, 5.74) is -0.659. The monoisotopic (exact) mass is 256 g/mol. The molecule has 0 radical (unpaired) electrons. The lowest BCUT2D eigenvalue weighted by Gasteiger charge is -2.21. The molecule has 0 aliphatic heterocycles. The number of unbranched alkanes of at least 4 members (excludes halogenated alkanes) is 2. The first-order valence-electron chi connectivity index (χ1n) is 5.85. The molecule has 6 nitrogen and oxygen atoms in total. The van der Waals surface area contributed by atoms with Gasteiger partial charge in [0, 0.05) is 6.42 Å². The van der Waals surface area contributed by atoms with Crippen LogP contribution in [0.25, 0.3) is 0 Å². The van der Waals surface area contributed by atoms with Crippen LogP contribution in [-0.4, -0.2) is 28.8 Å². The molecule has 1 amide bonds. The van der Waals surface area contributed by atoms with E-state index >= 15 is 0 Å². The molecule has 0 aliphatic carbocycles. The molecule has 1 unspecified atom stereocenters. The van der Waals surface area contributed by atoms with Crippen LogP contribution in [0.5, 0.6) is 0 Å². The summed E-state index contributed by atoms with van der Waals surface area (Å²) in [6, 6.07) is 1.01. The molecular weight excluding hydrogens is 236 g/mol. The van der Waals surface area contributed by atoms with Gasteiger partial charge in [0.05, 0.1) is 6.07 Å². The molecule has 0 saturated heterocycles. The molecule has 0 aromatic heterocycles. The summed E-state index contributed by atoms with van der Waals surface area (Å²) in [5.74, 6) is -1.10. The van der Waals surface area contributed by atoms with Gasteiger partial charge in [0.2, 0.25) is 0 Å². The van der Waals surface area contributed by atoms with Crippen LogP contribution in [0.1, 0.15) is 46.5 Å². The number of hydrogen-bond donors (Lipinski definition) is 2. The van der Waals surface area contributed by atoms with E-state index in [0.29, 0.717) is 19.3 Å². The van der Waals surface area contributed by atoms with Gasteiger partial charge in [-0.1, -0.05) is 0 Å². The number of carbonyl (C=O) groups is 2. The van der Waals surface area contributed by atoms with Crippen molar-refractivity contribution in [3.63, 3.8) is 0 Å². The lowest BCUT2D eigenvalue weighted by molar-refractivity contribution is -0.139. The number of aliphatic carboxylic acids is 1. The van der Waals surface area contributed by atoms with E-state index in [1.165, 1.54) is 0 Å². The fraction of sp³-hybridized carbons (Fsp3) is 0.750. The van der Waals surface area contributed by atoms with Gasteiger partial charge in [-0.2, -0.15) is 5.26 Å². The van der Waals surface area contributed by atoms with Crippen molar-refractivity contribution in [2.75, 3.05) is 0 Å². The highest BCUT2D eigenvalue weighted by Crippen LogP contribution is 2.08. The van der Waals surface area contributed by atoms with E-state index in [1.807, 2.05) is 6.07 Å². The number of alkyl carbamates (subject to hydrolysis) is 1. The minimum atomic E-state index is -1.10. The summed E-state index contributed by atoms with van der Waals surface area (Å²) in [6.45, 7) is 5.11. The van der Waals surface area contributed by atoms with Crippen LogP contribution in [0, 0.1) is 11.3 Å². The van der Waals surface area contributed by atoms with E-state index in [1.54, 1.807) is 20.8 Å². The Morgan fingerprint density at radius 1 is 1.39 bits per heavy atom. The number of ether oxygens (including phenoxy) is 1. The van der Waals surface area contributed by atoms with Crippen LogP contribution in [-0.2, 0) is 9.53 Å². The molecular formula is C12H20N2O4. The zero-order valence-corrected chi connectivity index (χ0v) is 11.0. The van der Waals surface area contributed by atoms with E-state index in [9.17, 15) is 9.59 Å². The number of carboxylic acid groups (broad SMARTS) is 1. The van der Waals surface area contributed by atoms with Crippen LogP contribution < -0.4 is 5.32 Å². The number of nitriles is 1. The standard InChI is InChI=1S/C12H20N2O4/c1-12(2,3)18-11(17)14-9(10(15)16)7-5-4-6-8-13/h9H,4-7H2,1-3H3,(H,14,17)(H,15,16). The van der Waals surface area contributed by atoms with E-state index < -0.39 is 23.7 Å². The van der Waals surface area contributed by atoms with Gasteiger partial charge >= 0.3 is 12.1 Å². The maximum absolute atomic E-state index is 11.4. The van der Waals surface area contributed by atoms with Crippen molar-refractivity contribution >= 4 is 12.1 Å². The molecule has 0 saturated carbocycles. The van der Waals surface area contributed by atoms with Crippen molar-refractivity contribution in [1.82, 2.24) is 5.32 Å². The molecule has 18 heavy (non-hydrogen) atoms. The first-order chi connectivity index (χ1) is 8.26. The lowest BCUT2D eigenvalue weighted by Crippen LogP contribution is -2.43. The minimum absolute atomic E-state index is 0.288. The second-order valence-corrected chi connectivity index (χ2v) is 4.94. The van der Waals surface area contributed by atoms with Crippen molar-refractivity contribution in [2.24, 2.45) is 0 Å². The van der Waals surface area contributed by atoms with E-state index in [2.05, 4.69) is 5.32 Å². The van der Waals surface area contributed by atoms with Crippen LogP contribution in [0.3, 0.4) is 0 Å². The van der Waals surface area contributed by atoms with Gasteiger partial charge in [-0.25, -0.2) is 9.59 Å². The molecule has 0 heterocycles. The summed E-state index contributed by atoms with van der Waals surface area (Å²) in [7, 11) is 0. The molecule has 6 heteroatoms. The average molecular weight is 256 g/mol. The van der Waals surface area contributed by atoms with Crippen LogP contribution in [0.2, 0.25) is 0 Å². The maximum atomic E-state index is 11.4. The Morgan fingerprint density at radius 3 is 2.44 bits per heavy atom. The van der Waals surface area contributed by atoms with Gasteiger partial charge in [0.15, 0.2) is 0 Å². The third kappa shape index (κ3) is 8.39. The minimum Gasteiger partial charge on any atom is -0.480 e. The molecule has 0 bridgehead atoms. The number of nitrogens with one attached hydrogen (secondary N) is 1. The Morgan fingerprint density at radius 2 is 2.00 bits per heavy atom. The summed E-state index contributed by atoms with van der Waals surface area (Å²) < 4.78 is 4.98. The molecule has 1 atom stereocenters. The quantitative estimate of drug-likeness (QED) is 0.708. The van der Waals surface area contributed by atoms with Crippen molar-refractivity contribution in [3.8, 4) is 6.07 Å². The molecule has 102 valence electrons. The van der Waals surface area contributed by atoms with Gasteiger partial charge in [-0.05, 0) is 40.0 Å². The number of nitrogens with zero attached hydrogens (tertiary/aromatic N) is 1. The Balaban J connectivity index is 4.16. The number of amides is 1.